The summed E-state index contributed by atoms with van der Waals surface area (Å²) < 4.78 is 6.56. The van der Waals surface area contributed by atoms with Gasteiger partial charge in [0.05, 0.1) is 0 Å². The summed E-state index contributed by atoms with van der Waals surface area (Å²) in [5.41, 5.74) is 1.25. The molecule has 0 saturated heterocycles. The number of carbonyl (C=O) groups is 2. The number of hydrogen-bond donors (Lipinski definition) is 1. The topological polar surface area (TPSA) is 55.4 Å². The lowest BCUT2D eigenvalue weighted by molar-refractivity contribution is -0.116. The lowest BCUT2D eigenvalue weighted by Gasteiger charge is -2.07. The van der Waals surface area contributed by atoms with Crippen molar-refractivity contribution in [2.75, 3.05) is 11.9 Å². The quantitative estimate of drug-likeness (QED) is 0.534. The number of anilines is 1. The van der Waals surface area contributed by atoms with Crippen molar-refractivity contribution in [2.24, 2.45) is 0 Å². The Morgan fingerprint density at radius 1 is 1.13 bits per heavy atom. The number of amides is 1. The molecule has 2 aromatic rings. The molecule has 1 N–H and O–H groups in total. The first-order valence-electron chi connectivity index (χ1n) is 7.40. The number of Topliss-reactive ketones (excluding diaryl/α,β-unsaturated/α-hetero) is 1. The Morgan fingerprint density at radius 3 is 2.52 bits per heavy atom. The minimum Gasteiger partial charge on any atom is -0.485 e. The lowest BCUT2D eigenvalue weighted by Crippen LogP contribution is -2.13. The Balaban J connectivity index is 1.91. The zero-order valence-corrected chi connectivity index (χ0v) is 15.0. The van der Waals surface area contributed by atoms with Gasteiger partial charge in [-0.3, -0.25) is 9.59 Å². The molecule has 0 saturated carbocycles. The van der Waals surface area contributed by atoms with Crippen LogP contribution < -0.4 is 10.1 Å². The summed E-state index contributed by atoms with van der Waals surface area (Å²) in [6.45, 7) is 1.94. The van der Waals surface area contributed by atoms with Gasteiger partial charge in [0, 0.05) is 21.2 Å². The van der Waals surface area contributed by atoms with Gasteiger partial charge >= 0.3 is 0 Å². The van der Waals surface area contributed by atoms with Crippen LogP contribution in [0.4, 0.5) is 5.69 Å². The van der Waals surface area contributed by atoms with Crippen molar-refractivity contribution in [1.29, 1.82) is 0 Å². The van der Waals surface area contributed by atoms with E-state index in [1.165, 1.54) is 0 Å². The predicted molar refractivity (Wildman–Crippen MR) is 99.0 cm³/mol. The number of nitrogens with one attached hydrogen (secondary N) is 1. The third-order valence-corrected chi connectivity index (χ3v) is 3.80. The normalized spacial score (nSPS) is 10.2. The van der Waals surface area contributed by atoms with Crippen LogP contribution in [0.15, 0.2) is 48.5 Å². The van der Waals surface area contributed by atoms with E-state index >= 15 is 0 Å². The van der Waals surface area contributed by atoms with Gasteiger partial charge in [-0.25, -0.2) is 0 Å². The molecule has 23 heavy (non-hydrogen) atoms. The maximum atomic E-state index is 12.1. The second kappa shape index (κ2) is 8.67. The van der Waals surface area contributed by atoms with E-state index in [0.717, 1.165) is 9.99 Å². The molecule has 0 aliphatic heterocycles. The number of ether oxygens (including phenoxy) is 1. The number of benzene rings is 2. The monoisotopic (exact) mass is 423 g/mol. The highest BCUT2D eigenvalue weighted by Gasteiger charge is 2.08. The van der Waals surface area contributed by atoms with E-state index in [1.807, 2.05) is 31.2 Å². The van der Waals surface area contributed by atoms with Gasteiger partial charge in [-0.15, -0.1) is 0 Å². The highest BCUT2D eigenvalue weighted by atomic mass is 127. The zero-order chi connectivity index (χ0) is 16.7. The maximum absolute atomic E-state index is 12.1. The molecule has 0 aliphatic rings. The summed E-state index contributed by atoms with van der Waals surface area (Å²) in [5, 5.41) is 2.79. The standard InChI is InChI=1S/C18H18INO3/c1-2-4-18(22)20-15-9-7-13(8-10-15)17(21)12-23-16-6-3-5-14(19)11-16/h3,5-11H,2,4,12H2,1H3,(H,20,22). The highest BCUT2D eigenvalue weighted by Crippen LogP contribution is 2.16. The van der Waals surface area contributed by atoms with Crippen molar-refractivity contribution in [3.63, 3.8) is 0 Å². The number of hydrogen-bond acceptors (Lipinski definition) is 3. The molecular formula is C18H18INO3. The summed E-state index contributed by atoms with van der Waals surface area (Å²) in [7, 11) is 0. The largest absolute Gasteiger partial charge is 0.485 e. The molecule has 4 nitrogen and oxygen atoms in total. The number of ketones is 1. The summed E-state index contributed by atoms with van der Waals surface area (Å²) in [6, 6.07) is 14.4. The summed E-state index contributed by atoms with van der Waals surface area (Å²) in [6.07, 6.45) is 1.29. The Morgan fingerprint density at radius 2 is 1.87 bits per heavy atom. The van der Waals surface area contributed by atoms with Crippen molar-refractivity contribution in [1.82, 2.24) is 0 Å². The molecule has 2 rings (SSSR count). The lowest BCUT2D eigenvalue weighted by atomic mass is 10.1. The van der Waals surface area contributed by atoms with Crippen LogP contribution >= 0.6 is 22.6 Å². The van der Waals surface area contributed by atoms with Crippen LogP contribution in [0.3, 0.4) is 0 Å². The third-order valence-electron chi connectivity index (χ3n) is 3.13. The van der Waals surface area contributed by atoms with Gasteiger partial charge in [-0.1, -0.05) is 13.0 Å². The molecule has 0 fully saturated rings. The van der Waals surface area contributed by atoms with Crippen LogP contribution in [0, 0.1) is 3.57 Å². The van der Waals surface area contributed by atoms with Crippen LogP contribution in [0.1, 0.15) is 30.1 Å². The van der Waals surface area contributed by atoms with Crippen LogP contribution in [-0.4, -0.2) is 18.3 Å². The van der Waals surface area contributed by atoms with Gasteiger partial charge in [-0.05, 0) is 71.5 Å². The smallest absolute Gasteiger partial charge is 0.224 e. The average molecular weight is 423 g/mol. The minimum absolute atomic E-state index is 0.0123. The first-order chi connectivity index (χ1) is 11.1. The van der Waals surface area contributed by atoms with E-state index in [1.54, 1.807) is 24.3 Å². The van der Waals surface area contributed by atoms with E-state index in [9.17, 15) is 9.59 Å². The van der Waals surface area contributed by atoms with Gasteiger partial charge in [0.1, 0.15) is 5.75 Å². The van der Waals surface area contributed by atoms with Crippen LogP contribution in [0.5, 0.6) is 5.75 Å². The van der Waals surface area contributed by atoms with Gasteiger partial charge < -0.3 is 10.1 Å². The summed E-state index contributed by atoms with van der Waals surface area (Å²) in [5.74, 6) is 0.553. The molecule has 0 aromatic heterocycles. The Bertz CT molecular complexity index is 683. The molecule has 0 bridgehead atoms. The van der Waals surface area contributed by atoms with E-state index in [0.29, 0.717) is 23.4 Å². The summed E-state index contributed by atoms with van der Waals surface area (Å²) >= 11 is 2.19. The second-order valence-electron chi connectivity index (χ2n) is 5.04. The van der Waals surface area contributed by atoms with Crippen molar-refractivity contribution in [3.05, 3.63) is 57.7 Å². The van der Waals surface area contributed by atoms with Crippen molar-refractivity contribution in [3.8, 4) is 5.75 Å². The van der Waals surface area contributed by atoms with E-state index < -0.39 is 0 Å². The molecule has 0 aliphatic carbocycles. The molecule has 1 amide bonds. The fourth-order valence-electron chi connectivity index (χ4n) is 1.98. The van der Waals surface area contributed by atoms with Gasteiger partial charge in [0.25, 0.3) is 0 Å². The first-order valence-corrected chi connectivity index (χ1v) is 8.48. The average Bonchev–Trinajstić information content (AvgIpc) is 2.53. The number of carbonyl (C=O) groups excluding carboxylic acids is 2. The third kappa shape index (κ3) is 5.67. The van der Waals surface area contributed by atoms with E-state index in [2.05, 4.69) is 27.9 Å². The Labute approximate surface area is 149 Å². The predicted octanol–water partition coefficient (Wildman–Crippen LogP) is 4.29. The molecule has 2 aromatic carbocycles. The van der Waals surface area contributed by atoms with Crippen molar-refractivity contribution < 1.29 is 14.3 Å². The fraction of sp³-hybridized carbons (Fsp3) is 0.222. The molecule has 0 atom stereocenters. The van der Waals surface area contributed by atoms with E-state index in [-0.39, 0.29) is 18.3 Å². The number of halogens is 1. The van der Waals surface area contributed by atoms with Crippen LogP contribution in [0.2, 0.25) is 0 Å². The van der Waals surface area contributed by atoms with Crippen molar-refractivity contribution in [2.45, 2.75) is 19.8 Å². The van der Waals surface area contributed by atoms with Crippen LogP contribution in [-0.2, 0) is 4.79 Å². The number of rotatable bonds is 7. The first kappa shape index (κ1) is 17.5. The molecule has 0 heterocycles. The molecule has 5 heteroatoms. The molecule has 0 radical (unpaired) electrons. The zero-order valence-electron chi connectivity index (χ0n) is 12.8. The molecule has 120 valence electrons. The van der Waals surface area contributed by atoms with Gasteiger partial charge in [-0.2, -0.15) is 0 Å². The fourth-order valence-corrected chi connectivity index (χ4v) is 2.49. The SMILES string of the molecule is CCCC(=O)Nc1ccc(C(=O)COc2cccc(I)c2)cc1. The molecular weight excluding hydrogens is 405 g/mol. The van der Waals surface area contributed by atoms with E-state index in [4.69, 9.17) is 4.74 Å². The highest BCUT2D eigenvalue weighted by molar-refractivity contribution is 14.1. The Hall–Kier alpha value is -1.89. The second-order valence-corrected chi connectivity index (χ2v) is 6.29. The maximum Gasteiger partial charge on any atom is 0.224 e. The Kier molecular flexibility index (Phi) is 6.58. The van der Waals surface area contributed by atoms with Crippen LogP contribution in [0.25, 0.3) is 0 Å². The molecule has 0 unspecified atom stereocenters. The van der Waals surface area contributed by atoms with Gasteiger partial charge in [0.15, 0.2) is 12.4 Å². The summed E-state index contributed by atoms with van der Waals surface area (Å²) in [4.78, 5) is 23.6. The molecule has 0 spiro atoms. The van der Waals surface area contributed by atoms with Gasteiger partial charge in [0.2, 0.25) is 5.91 Å². The van der Waals surface area contributed by atoms with Crippen molar-refractivity contribution >= 4 is 40.0 Å². The minimum atomic E-state index is -0.102.